The van der Waals surface area contributed by atoms with Gasteiger partial charge in [0.05, 0.1) is 18.8 Å². The van der Waals surface area contributed by atoms with Crippen LogP contribution in [0.4, 0.5) is 0 Å². The number of oxazole rings is 1. The van der Waals surface area contributed by atoms with Crippen molar-refractivity contribution in [1.82, 2.24) is 4.98 Å². The van der Waals surface area contributed by atoms with Crippen LogP contribution in [0.5, 0.6) is 0 Å². The Morgan fingerprint density at radius 3 is 2.03 bits per heavy atom. The second kappa shape index (κ2) is 12.0. The van der Waals surface area contributed by atoms with Crippen LogP contribution in [0.3, 0.4) is 0 Å². The lowest BCUT2D eigenvalue weighted by atomic mass is 10.0. The third-order valence-corrected chi connectivity index (χ3v) is 7.73. The number of thioether (sulfide) groups is 1. The molecule has 3 atom stereocenters. The number of rotatable bonds is 8. The number of hydrogen-bond acceptors (Lipinski definition) is 6. The minimum absolute atomic E-state index is 0.0207. The van der Waals surface area contributed by atoms with E-state index in [1.807, 2.05) is 103 Å². The molecule has 0 amide bonds. The van der Waals surface area contributed by atoms with Gasteiger partial charge in [0.1, 0.15) is 5.69 Å². The first kappa shape index (κ1) is 25.6. The molecular weight excluding hydrogens is 506 g/mol. The van der Waals surface area contributed by atoms with Crippen LogP contribution in [0, 0.1) is 0 Å². The molecule has 5 nitrogen and oxygen atoms in total. The first-order chi connectivity index (χ1) is 19.3. The van der Waals surface area contributed by atoms with Gasteiger partial charge in [0, 0.05) is 28.9 Å². The van der Waals surface area contributed by atoms with Crippen LogP contribution in [0.1, 0.15) is 35.5 Å². The molecule has 1 saturated heterocycles. The lowest BCUT2D eigenvalue weighted by Crippen LogP contribution is -2.31. The number of ether oxygens (including phenoxy) is 2. The Balaban J connectivity index is 1.24. The fraction of sp³-hybridized carbons (Fsp3) is 0.182. The maximum Gasteiger partial charge on any atom is 0.256 e. The molecule has 5 aromatic rings. The summed E-state index contributed by atoms with van der Waals surface area (Å²) in [6, 6.07) is 38.2. The Labute approximate surface area is 232 Å². The molecular formula is C33H29NO4S. The normalized spacial score (nSPS) is 19.2. The zero-order valence-electron chi connectivity index (χ0n) is 21.4. The van der Waals surface area contributed by atoms with Crippen molar-refractivity contribution < 1.29 is 19.0 Å². The monoisotopic (exact) mass is 535 g/mol. The van der Waals surface area contributed by atoms with Crippen molar-refractivity contribution in [3.05, 3.63) is 132 Å². The molecule has 4 aromatic carbocycles. The van der Waals surface area contributed by atoms with Gasteiger partial charge in [-0.1, -0.05) is 127 Å². The first-order valence-corrected chi connectivity index (χ1v) is 14.1. The van der Waals surface area contributed by atoms with E-state index in [4.69, 9.17) is 18.9 Å². The Bertz CT molecular complexity index is 1420. The number of aromatic nitrogens is 1. The highest BCUT2D eigenvalue weighted by atomic mass is 32.2. The van der Waals surface area contributed by atoms with Gasteiger partial charge < -0.3 is 19.0 Å². The molecule has 0 saturated carbocycles. The quantitative estimate of drug-likeness (QED) is 0.204. The molecule has 0 bridgehead atoms. The van der Waals surface area contributed by atoms with Gasteiger partial charge >= 0.3 is 0 Å². The molecule has 196 valence electrons. The van der Waals surface area contributed by atoms with Crippen LogP contribution < -0.4 is 0 Å². The van der Waals surface area contributed by atoms with Gasteiger partial charge in [-0.2, -0.15) is 0 Å². The fourth-order valence-corrected chi connectivity index (χ4v) is 5.58. The van der Waals surface area contributed by atoms with E-state index >= 15 is 0 Å². The van der Waals surface area contributed by atoms with Crippen LogP contribution in [-0.2, 0) is 16.1 Å². The van der Waals surface area contributed by atoms with Crippen molar-refractivity contribution in [2.24, 2.45) is 0 Å². The minimum Gasteiger partial charge on any atom is -0.431 e. The maximum atomic E-state index is 9.45. The molecule has 0 aliphatic carbocycles. The molecule has 6 rings (SSSR count). The Hall–Kier alpha value is -3.68. The van der Waals surface area contributed by atoms with E-state index in [-0.39, 0.29) is 18.8 Å². The Kier molecular flexibility index (Phi) is 7.88. The number of aliphatic hydroxyl groups excluding tert-OH is 1. The number of nitrogens with zero attached hydrogens (tertiary/aromatic N) is 1. The molecule has 1 N–H and O–H groups in total. The van der Waals surface area contributed by atoms with Crippen molar-refractivity contribution in [2.75, 3.05) is 5.75 Å². The third kappa shape index (κ3) is 6.00. The number of benzene rings is 4. The van der Waals surface area contributed by atoms with E-state index < -0.39 is 6.29 Å². The minimum atomic E-state index is -0.475. The lowest BCUT2D eigenvalue weighted by Gasteiger charge is -2.36. The second-order valence-corrected chi connectivity index (χ2v) is 10.4. The van der Waals surface area contributed by atoms with Crippen molar-refractivity contribution in [3.63, 3.8) is 0 Å². The summed E-state index contributed by atoms with van der Waals surface area (Å²) in [6.07, 6.45) is 0.0137. The molecule has 1 aromatic heterocycles. The predicted octanol–water partition coefficient (Wildman–Crippen LogP) is 7.84. The molecule has 1 fully saturated rings. The Morgan fingerprint density at radius 2 is 1.36 bits per heavy atom. The number of aliphatic hydroxyl groups is 1. The molecule has 0 radical (unpaired) electrons. The van der Waals surface area contributed by atoms with Crippen molar-refractivity contribution >= 4 is 11.8 Å². The summed E-state index contributed by atoms with van der Waals surface area (Å²) in [4.78, 5) is 4.90. The molecule has 1 aliphatic rings. The van der Waals surface area contributed by atoms with Gasteiger partial charge in [0.2, 0.25) is 0 Å². The second-order valence-electron chi connectivity index (χ2n) is 9.46. The fourth-order valence-electron chi connectivity index (χ4n) is 4.74. The van der Waals surface area contributed by atoms with Gasteiger partial charge in [-0.25, -0.2) is 4.98 Å². The van der Waals surface area contributed by atoms with Crippen LogP contribution in [0.15, 0.2) is 125 Å². The van der Waals surface area contributed by atoms with Gasteiger partial charge in [0.25, 0.3) is 5.22 Å². The standard InChI is InChI=1S/C33H29NO4S/c35-21-23-16-18-24(19-17-23)29-20-28(36-32(37-29)27-14-8-3-9-15-27)22-39-33-34-30(25-10-4-1-5-11-25)31(38-33)26-12-6-2-7-13-26/h1-19,28-29,32,35H,20-22H2/t28-,29+,32+/m0/s1. The first-order valence-electron chi connectivity index (χ1n) is 13.1. The molecule has 0 unspecified atom stereocenters. The summed E-state index contributed by atoms with van der Waals surface area (Å²) >= 11 is 1.56. The largest absolute Gasteiger partial charge is 0.431 e. The third-order valence-electron chi connectivity index (χ3n) is 6.77. The average molecular weight is 536 g/mol. The Morgan fingerprint density at radius 1 is 0.718 bits per heavy atom. The van der Waals surface area contributed by atoms with E-state index in [1.54, 1.807) is 11.8 Å². The molecule has 1 aliphatic heterocycles. The topological polar surface area (TPSA) is 64.7 Å². The zero-order valence-corrected chi connectivity index (χ0v) is 22.2. The van der Waals surface area contributed by atoms with E-state index in [1.165, 1.54) is 0 Å². The maximum absolute atomic E-state index is 9.45. The van der Waals surface area contributed by atoms with E-state index in [0.29, 0.717) is 17.4 Å². The van der Waals surface area contributed by atoms with Crippen LogP contribution >= 0.6 is 11.8 Å². The average Bonchev–Trinajstić information content (AvgIpc) is 3.46. The van der Waals surface area contributed by atoms with Crippen molar-refractivity contribution in [1.29, 1.82) is 0 Å². The predicted molar refractivity (Wildman–Crippen MR) is 153 cm³/mol. The SMILES string of the molecule is OCc1ccc([C@H]2C[C@@H](CSc3nc(-c4ccccc4)c(-c4ccccc4)o3)O[C@@H](c3ccccc3)O2)cc1. The summed E-state index contributed by atoms with van der Waals surface area (Å²) < 4.78 is 19.2. The summed E-state index contributed by atoms with van der Waals surface area (Å²) in [6.45, 7) is 0.0207. The van der Waals surface area contributed by atoms with Crippen molar-refractivity contribution in [3.8, 4) is 22.6 Å². The van der Waals surface area contributed by atoms with Crippen molar-refractivity contribution in [2.45, 2.75) is 36.7 Å². The van der Waals surface area contributed by atoms with Crippen LogP contribution in [0.25, 0.3) is 22.6 Å². The summed E-state index contributed by atoms with van der Waals surface area (Å²) in [5, 5.41) is 10.1. The van der Waals surface area contributed by atoms with Crippen LogP contribution in [-0.4, -0.2) is 21.9 Å². The highest BCUT2D eigenvalue weighted by Gasteiger charge is 2.32. The molecule has 6 heteroatoms. The van der Waals surface area contributed by atoms with E-state index in [2.05, 4.69) is 12.1 Å². The summed E-state index contributed by atoms with van der Waals surface area (Å²) in [5.41, 5.74) is 5.78. The smallest absolute Gasteiger partial charge is 0.256 e. The van der Waals surface area contributed by atoms with Gasteiger partial charge in [-0.3, -0.25) is 0 Å². The summed E-state index contributed by atoms with van der Waals surface area (Å²) in [5.74, 6) is 1.43. The van der Waals surface area contributed by atoms with Gasteiger partial charge in [0.15, 0.2) is 12.1 Å². The highest BCUT2D eigenvalue weighted by molar-refractivity contribution is 7.99. The number of hydrogen-bond donors (Lipinski definition) is 1. The lowest BCUT2D eigenvalue weighted by molar-refractivity contribution is -0.245. The summed E-state index contributed by atoms with van der Waals surface area (Å²) in [7, 11) is 0. The van der Waals surface area contributed by atoms with Gasteiger partial charge in [-0.05, 0) is 11.1 Å². The van der Waals surface area contributed by atoms with E-state index in [0.717, 1.165) is 39.3 Å². The molecule has 39 heavy (non-hydrogen) atoms. The molecule has 0 spiro atoms. The zero-order chi connectivity index (χ0) is 26.4. The van der Waals surface area contributed by atoms with Gasteiger partial charge in [-0.15, -0.1) is 0 Å². The van der Waals surface area contributed by atoms with E-state index in [9.17, 15) is 5.11 Å². The molecule has 2 heterocycles. The highest BCUT2D eigenvalue weighted by Crippen LogP contribution is 2.41. The van der Waals surface area contributed by atoms with Crippen LogP contribution in [0.2, 0.25) is 0 Å².